The Morgan fingerprint density at radius 2 is 2.18 bits per heavy atom. The van der Waals surface area contributed by atoms with Crippen molar-refractivity contribution < 1.29 is 14.3 Å². The van der Waals surface area contributed by atoms with Gasteiger partial charge >= 0.3 is 0 Å². The largest absolute Gasteiger partial charge is 0.381 e. The number of aldehydes is 1. The number of ether oxygens (including phenoxy) is 1. The Morgan fingerprint density at radius 3 is 2.89 bits per heavy atom. The summed E-state index contributed by atoms with van der Waals surface area (Å²) in [6, 6.07) is 0. The normalized spacial score (nSPS) is 24.0. The summed E-state index contributed by atoms with van der Waals surface area (Å²) in [4.78, 5) is 30.4. The fourth-order valence-corrected chi connectivity index (χ4v) is 6.29. The number of hydrogen-bond acceptors (Lipinski definition) is 6. The molecule has 5 nitrogen and oxygen atoms in total. The number of fused-ring (bicyclic) bond motifs is 1. The number of allylic oxidation sites excluding steroid dienone is 2. The van der Waals surface area contributed by atoms with Gasteiger partial charge in [-0.05, 0) is 38.2 Å². The summed E-state index contributed by atoms with van der Waals surface area (Å²) in [5, 5.41) is 7.01. The molecule has 2 aromatic rings. The molecule has 28 heavy (non-hydrogen) atoms. The van der Waals surface area contributed by atoms with Crippen molar-refractivity contribution >= 4 is 39.9 Å². The van der Waals surface area contributed by atoms with Crippen molar-refractivity contribution in [1.29, 1.82) is 0 Å². The Hall–Kier alpha value is -1.83. The molecule has 3 atom stereocenters. The van der Waals surface area contributed by atoms with Crippen LogP contribution >= 0.6 is 22.7 Å². The van der Waals surface area contributed by atoms with Gasteiger partial charge in [-0.1, -0.05) is 12.2 Å². The first kappa shape index (κ1) is 19.5. The second-order valence-electron chi connectivity index (χ2n) is 7.44. The Kier molecular flexibility index (Phi) is 5.75. The molecule has 0 aliphatic heterocycles. The molecule has 0 bridgehead atoms. The first-order chi connectivity index (χ1) is 13.6. The second-order valence-corrected chi connectivity index (χ2v) is 9.40. The second kappa shape index (κ2) is 8.27. The van der Waals surface area contributed by atoms with Crippen LogP contribution in [0.15, 0.2) is 17.5 Å². The molecular weight excluding hydrogens is 392 g/mol. The number of anilines is 1. The average molecular weight is 417 g/mol. The van der Waals surface area contributed by atoms with E-state index in [0.29, 0.717) is 12.8 Å². The molecule has 2 aliphatic rings. The van der Waals surface area contributed by atoms with E-state index >= 15 is 0 Å². The number of aromatic nitrogens is 1. The van der Waals surface area contributed by atoms with E-state index < -0.39 is 0 Å². The van der Waals surface area contributed by atoms with Crippen LogP contribution in [-0.2, 0) is 27.2 Å². The van der Waals surface area contributed by atoms with Crippen molar-refractivity contribution in [2.24, 2.45) is 11.8 Å². The standard InChI is InChI=1S/C21H24N2O3S2/c1-12-11-27-20(22-12)18-16-8-7-14(26-2)9-17(16)28-21(18)23-19(25)15-6-4-3-5-13(15)10-24/h3-4,10-11,13-15H,5-9H2,1-2H3,(H,23,25). The molecule has 0 radical (unpaired) electrons. The predicted molar refractivity (Wildman–Crippen MR) is 113 cm³/mol. The van der Waals surface area contributed by atoms with Crippen LogP contribution in [0.4, 0.5) is 5.00 Å². The topological polar surface area (TPSA) is 68.3 Å². The quantitative estimate of drug-likeness (QED) is 0.579. The zero-order chi connectivity index (χ0) is 19.7. The Bertz CT molecular complexity index is 915. The van der Waals surface area contributed by atoms with Crippen molar-refractivity contribution in [2.75, 3.05) is 12.4 Å². The first-order valence-electron chi connectivity index (χ1n) is 9.61. The number of amides is 1. The Labute approximate surface area is 172 Å². The number of methoxy groups -OCH3 is 1. The Balaban J connectivity index is 1.68. The van der Waals surface area contributed by atoms with Crippen LogP contribution in [0, 0.1) is 18.8 Å². The van der Waals surface area contributed by atoms with Gasteiger partial charge in [0.1, 0.15) is 16.3 Å². The zero-order valence-electron chi connectivity index (χ0n) is 16.1. The molecular formula is C21H24N2O3S2. The van der Waals surface area contributed by atoms with E-state index in [9.17, 15) is 9.59 Å². The number of rotatable bonds is 5. The van der Waals surface area contributed by atoms with Crippen molar-refractivity contribution in [3.05, 3.63) is 33.7 Å². The number of hydrogen-bond donors (Lipinski definition) is 1. The van der Waals surface area contributed by atoms with Crippen LogP contribution < -0.4 is 5.32 Å². The van der Waals surface area contributed by atoms with E-state index in [-0.39, 0.29) is 23.8 Å². The van der Waals surface area contributed by atoms with Gasteiger partial charge in [-0.2, -0.15) is 0 Å². The number of carbonyl (C=O) groups excluding carboxylic acids is 2. The molecule has 0 saturated carbocycles. The monoisotopic (exact) mass is 416 g/mol. The molecule has 2 aromatic heterocycles. The summed E-state index contributed by atoms with van der Waals surface area (Å²) in [5.41, 5.74) is 3.34. The molecule has 3 unspecified atom stereocenters. The molecule has 1 N–H and O–H groups in total. The van der Waals surface area contributed by atoms with Crippen LogP contribution in [-0.4, -0.2) is 30.4 Å². The molecule has 1 amide bonds. The lowest BCUT2D eigenvalue weighted by atomic mass is 9.83. The maximum absolute atomic E-state index is 13.0. The van der Waals surface area contributed by atoms with Crippen LogP contribution in [0.25, 0.3) is 10.6 Å². The van der Waals surface area contributed by atoms with Gasteiger partial charge in [-0.25, -0.2) is 4.98 Å². The van der Waals surface area contributed by atoms with E-state index in [2.05, 4.69) is 10.3 Å². The summed E-state index contributed by atoms with van der Waals surface area (Å²) in [6.45, 7) is 1.99. The number of nitrogens with zero attached hydrogens (tertiary/aromatic N) is 1. The number of thiophene rings is 1. The zero-order valence-corrected chi connectivity index (χ0v) is 17.7. The smallest absolute Gasteiger partial charge is 0.229 e. The third-order valence-corrected chi connectivity index (χ3v) is 7.76. The molecule has 4 rings (SSSR count). The summed E-state index contributed by atoms with van der Waals surface area (Å²) >= 11 is 3.25. The molecule has 7 heteroatoms. The van der Waals surface area contributed by atoms with Gasteiger partial charge in [0, 0.05) is 41.0 Å². The fraction of sp³-hybridized carbons (Fsp3) is 0.476. The highest BCUT2D eigenvalue weighted by atomic mass is 32.1. The fourth-order valence-electron chi connectivity index (χ4n) is 4.03. The van der Waals surface area contributed by atoms with Crippen molar-refractivity contribution in [1.82, 2.24) is 4.98 Å². The molecule has 0 fully saturated rings. The summed E-state index contributed by atoms with van der Waals surface area (Å²) in [6.07, 6.45) is 9.15. The third-order valence-electron chi connectivity index (χ3n) is 5.62. The van der Waals surface area contributed by atoms with Crippen LogP contribution in [0.3, 0.4) is 0 Å². The molecule has 0 aromatic carbocycles. The highest BCUT2D eigenvalue weighted by molar-refractivity contribution is 7.18. The SMILES string of the molecule is COC1CCc2c(sc(NC(=O)C3CC=CCC3C=O)c2-c2nc(C)cs2)C1. The molecule has 2 aliphatic carbocycles. The summed E-state index contributed by atoms with van der Waals surface area (Å²) < 4.78 is 5.57. The lowest BCUT2D eigenvalue weighted by Gasteiger charge is -2.23. The van der Waals surface area contributed by atoms with Gasteiger partial charge in [-0.3, -0.25) is 4.79 Å². The van der Waals surface area contributed by atoms with Gasteiger partial charge in [0.15, 0.2) is 0 Å². The van der Waals surface area contributed by atoms with Crippen molar-refractivity contribution in [3.8, 4) is 10.6 Å². The number of nitrogens with one attached hydrogen (secondary N) is 1. The van der Waals surface area contributed by atoms with Gasteiger partial charge in [0.2, 0.25) is 5.91 Å². The van der Waals surface area contributed by atoms with E-state index in [0.717, 1.165) is 46.8 Å². The molecule has 0 spiro atoms. The van der Waals surface area contributed by atoms with Crippen LogP contribution in [0.1, 0.15) is 35.4 Å². The van der Waals surface area contributed by atoms with E-state index in [4.69, 9.17) is 4.74 Å². The van der Waals surface area contributed by atoms with Crippen molar-refractivity contribution in [2.45, 2.75) is 45.1 Å². The molecule has 0 saturated heterocycles. The first-order valence-corrected chi connectivity index (χ1v) is 11.3. The van der Waals surface area contributed by atoms with Gasteiger partial charge in [0.05, 0.1) is 12.0 Å². The van der Waals surface area contributed by atoms with Crippen LogP contribution in [0.2, 0.25) is 0 Å². The van der Waals surface area contributed by atoms with Gasteiger partial charge < -0.3 is 14.8 Å². The average Bonchev–Trinajstić information content (AvgIpc) is 3.29. The number of aryl methyl sites for hydroxylation is 1. The molecule has 2 heterocycles. The Morgan fingerprint density at radius 1 is 1.36 bits per heavy atom. The lowest BCUT2D eigenvalue weighted by Crippen LogP contribution is -2.31. The maximum Gasteiger partial charge on any atom is 0.229 e. The van der Waals surface area contributed by atoms with Crippen LogP contribution in [0.5, 0.6) is 0 Å². The number of carbonyl (C=O) groups is 2. The van der Waals surface area contributed by atoms with E-state index in [1.807, 2.05) is 24.5 Å². The van der Waals surface area contributed by atoms with Gasteiger partial charge in [0.25, 0.3) is 0 Å². The highest BCUT2D eigenvalue weighted by Crippen LogP contribution is 2.45. The lowest BCUT2D eigenvalue weighted by molar-refractivity contribution is -0.125. The minimum atomic E-state index is -0.306. The minimum absolute atomic E-state index is 0.0714. The van der Waals surface area contributed by atoms with E-state index in [1.54, 1.807) is 29.8 Å². The van der Waals surface area contributed by atoms with Gasteiger partial charge in [-0.15, -0.1) is 22.7 Å². The third kappa shape index (κ3) is 3.71. The number of thiazole rings is 1. The predicted octanol–water partition coefficient (Wildman–Crippen LogP) is 4.40. The minimum Gasteiger partial charge on any atom is -0.381 e. The highest BCUT2D eigenvalue weighted by Gasteiger charge is 2.32. The van der Waals surface area contributed by atoms with Crippen molar-refractivity contribution in [3.63, 3.8) is 0 Å². The summed E-state index contributed by atoms with van der Waals surface area (Å²) in [7, 11) is 1.76. The maximum atomic E-state index is 13.0. The molecule has 148 valence electrons. The van der Waals surface area contributed by atoms with E-state index in [1.165, 1.54) is 10.4 Å². The summed E-state index contributed by atoms with van der Waals surface area (Å²) in [5.74, 6) is -0.625.